The Bertz CT molecular complexity index is 827. The van der Waals surface area contributed by atoms with Gasteiger partial charge in [0.05, 0.1) is 18.2 Å². The number of amidine groups is 1. The molecule has 2 heterocycles. The van der Waals surface area contributed by atoms with Crippen LogP contribution in [0.4, 0.5) is 5.82 Å². The van der Waals surface area contributed by atoms with Gasteiger partial charge in [0.1, 0.15) is 11.7 Å². The molecule has 7 nitrogen and oxygen atoms in total. The summed E-state index contributed by atoms with van der Waals surface area (Å²) in [5.41, 5.74) is 8.51. The third kappa shape index (κ3) is 3.67. The van der Waals surface area contributed by atoms with Crippen molar-refractivity contribution in [3.8, 4) is 0 Å². The second-order valence-electron chi connectivity index (χ2n) is 6.87. The van der Waals surface area contributed by atoms with Gasteiger partial charge in [-0.3, -0.25) is 4.99 Å². The molecule has 0 aliphatic carbocycles. The Morgan fingerprint density at radius 2 is 2.31 bits per heavy atom. The zero-order valence-corrected chi connectivity index (χ0v) is 15.6. The first-order chi connectivity index (χ1) is 12.5. The van der Waals surface area contributed by atoms with E-state index in [4.69, 9.17) is 10.5 Å². The molecule has 3 rings (SSSR count). The van der Waals surface area contributed by atoms with Crippen molar-refractivity contribution in [1.82, 2.24) is 9.88 Å². The Morgan fingerprint density at radius 3 is 3.00 bits per heavy atom. The first kappa shape index (κ1) is 18.3. The summed E-state index contributed by atoms with van der Waals surface area (Å²) in [7, 11) is 5.36. The molecule has 1 aromatic carbocycles. The van der Waals surface area contributed by atoms with Crippen LogP contribution in [-0.2, 0) is 4.74 Å². The minimum atomic E-state index is -0.364. The normalized spacial score (nSPS) is 18.9. The highest BCUT2D eigenvalue weighted by Crippen LogP contribution is 2.27. The number of methoxy groups -OCH3 is 1. The number of ether oxygens (including phenoxy) is 1. The second-order valence-corrected chi connectivity index (χ2v) is 6.87. The number of benzene rings is 1. The SMILES string of the molecule is CNc1[nH]c2cc(C(=O)OC)ccc2c1C(N)=NCC1CCCN(C)C1. The maximum absolute atomic E-state index is 11.8. The maximum Gasteiger partial charge on any atom is 0.337 e. The first-order valence-electron chi connectivity index (χ1n) is 8.94. The maximum atomic E-state index is 11.8. The number of H-pyrrole nitrogens is 1. The molecule has 0 bridgehead atoms. The number of nitrogens with one attached hydrogen (secondary N) is 2. The number of piperidine rings is 1. The van der Waals surface area contributed by atoms with Crippen molar-refractivity contribution < 1.29 is 9.53 Å². The Hall–Kier alpha value is -2.54. The fourth-order valence-electron chi connectivity index (χ4n) is 3.62. The lowest BCUT2D eigenvalue weighted by Gasteiger charge is -2.28. The van der Waals surface area contributed by atoms with Crippen LogP contribution in [-0.4, -0.2) is 62.5 Å². The summed E-state index contributed by atoms with van der Waals surface area (Å²) in [4.78, 5) is 22.0. The van der Waals surface area contributed by atoms with E-state index in [-0.39, 0.29) is 5.97 Å². The molecule has 1 atom stereocenters. The minimum Gasteiger partial charge on any atom is -0.465 e. The topological polar surface area (TPSA) is 95.7 Å². The molecule has 0 spiro atoms. The van der Waals surface area contributed by atoms with Gasteiger partial charge in [-0.15, -0.1) is 0 Å². The number of hydrogen-bond acceptors (Lipinski definition) is 5. The van der Waals surface area contributed by atoms with Crippen molar-refractivity contribution in [2.75, 3.05) is 46.2 Å². The molecular weight excluding hydrogens is 330 g/mol. The summed E-state index contributed by atoms with van der Waals surface area (Å²) in [6.07, 6.45) is 2.40. The van der Waals surface area contributed by atoms with Crippen LogP contribution in [0.3, 0.4) is 0 Å². The summed E-state index contributed by atoms with van der Waals surface area (Å²) in [6, 6.07) is 5.40. The molecule has 1 fully saturated rings. The Morgan fingerprint density at radius 1 is 1.50 bits per heavy atom. The van der Waals surface area contributed by atoms with Crippen LogP contribution in [0.2, 0.25) is 0 Å². The fourth-order valence-corrected chi connectivity index (χ4v) is 3.62. The van der Waals surface area contributed by atoms with E-state index in [9.17, 15) is 4.79 Å². The van der Waals surface area contributed by atoms with Crippen molar-refractivity contribution in [2.24, 2.45) is 16.6 Å². The minimum absolute atomic E-state index is 0.364. The molecule has 4 N–H and O–H groups in total. The molecule has 1 unspecified atom stereocenters. The van der Waals surface area contributed by atoms with Gasteiger partial charge in [0.2, 0.25) is 0 Å². The molecule has 1 saturated heterocycles. The van der Waals surface area contributed by atoms with E-state index in [0.717, 1.165) is 41.9 Å². The number of esters is 1. The number of carbonyl (C=O) groups is 1. The number of aliphatic imine (C=N–C) groups is 1. The number of anilines is 1. The Kier molecular flexibility index (Phi) is 5.46. The van der Waals surface area contributed by atoms with E-state index in [1.807, 2.05) is 13.1 Å². The van der Waals surface area contributed by atoms with E-state index < -0.39 is 0 Å². The summed E-state index contributed by atoms with van der Waals surface area (Å²) in [5, 5.41) is 4.07. The van der Waals surface area contributed by atoms with Gasteiger partial charge in [0, 0.05) is 31.0 Å². The second kappa shape index (κ2) is 7.78. The average Bonchev–Trinajstić information content (AvgIpc) is 3.03. The van der Waals surface area contributed by atoms with Crippen molar-refractivity contribution >= 4 is 28.5 Å². The highest BCUT2D eigenvalue weighted by Gasteiger charge is 2.19. The van der Waals surface area contributed by atoms with Gasteiger partial charge >= 0.3 is 5.97 Å². The third-order valence-electron chi connectivity index (χ3n) is 4.97. The summed E-state index contributed by atoms with van der Waals surface area (Å²) >= 11 is 0. The predicted molar refractivity (Wildman–Crippen MR) is 105 cm³/mol. The van der Waals surface area contributed by atoms with E-state index in [2.05, 4.69) is 27.2 Å². The quantitative estimate of drug-likeness (QED) is 0.432. The number of carbonyl (C=O) groups excluding carboxylic acids is 1. The molecule has 26 heavy (non-hydrogen) atoms. The van der Waals surface area contributed by atoms with Crippen LogP contribution in [0.15, 0.2) is 23.2 Å². The van der Waals surface area contributed by atoms with Gasteiger partial charge in [-0.2, -0.15) is 0 Å². The molecule has 1 aliphatic rings. The largest absolute Gasteiger partial charge is 0.465 e. The molecule has 1 aliphatic heterocycles. The van der Waals surface area contributed by atoms with Crippen LogP contribution in [0.1, 0.15) is 28.8 Å². The molecule has 2 aromatic rings. The van der Waals surface area contributed by atoms with Gasteiger partial charge in [-0.1, -0.05) is 6.07 Å². The zero-order valence-electron chi connectivity index (χ0n) is 15.6. The number of rotatable bonds is 5. The monoisotopic (exact) mass is 357 g/mol. The third-order valence-corrected chi connectivity index (χ3v) is 4.97. The first-order valence-corrected chi connectivity index (χ1v) is 8.94. The van der Waals surface area contributed by atoms with Crippen molar-refractivity contribution in [1.29, 1.82) is 0 Å². The van der Waals surface area contributed by atoms with Gasteiger partial charge in [-0.05, 0) is 44.5 Å². The number of nitrogens with two attached hydrogens (primary N) is 1. The molecule has 7 heteroatoms. The number of aromatic amines is 1. The van der Waals surface area contributed by atoms with Gasteiger partial charge in [0.25, 0.3) is 0 Å². The smallest absolute Gasteiger partial charge is 0.337 e. The van der Waals surface area contributed by atoms with Crippen LogP contribution >= 0.6 is 0 Å². The summed E-state index contributed by atoms with van der Waals surface area (Å²) in [5.74, 6) is 1.49. The summed E-state index contributed by atoms with van der Waals surface area (Å²) < 4.78 is 4.79. The Labute approximate surface area is 153 Å². The number of nitrogens with zero attached hydrogens (tertiary/aromatic N) is 2. The molecule has 1 aromatic heterocycles. The number of aromatic nitrogens is 1. The molecule has 0 amide bonds. The van der Waals surface area contributed by atoms with Gasteiger partial charge in [0.15, 0.2) is 0 Å². The lowest BCUT2D eigenvalue weighted by molar-refractivity contribution is 0.0601. The van der Waals surface area contributed by atoms with Crippen molar-refractivity contribution in [2.45, 2.75) is 12.8 Å². The van der Waals surface area contributed by atoms with E-state index in [1.54, 1.807) is 12.1 Å². The zero-order chi connectivity index (χ0) is 18.7. The van der Waals surface area contributed by atoms with Crippen LogP contribution in [0.5, 0.6) is 0 Å². The molecule has 0 saturated carbocycles. The van der Waals surface area contributed by atoms with Gasteiger partial charge < -0.3 is 25.7 Å². The summed E-state index contributed by atoms with van der Waals surface area (Å²) in [6.45, 7) is 2.95. The lowest BCUT2D eigenvalue weighted by Crippen LogP contribution is -2.33. The number of hydrogen-bond donors (Lipinski definition) is 3. The average molecular weight is 357 g/mol. The van der Waals surface area contributed by atoms with Crippen molar-refractivity contribution in [3.63, 3.8) is 0 Å². The number of likely N-dealkylation sites (tertiary alicyclic amines) is 1. The van der Waals surface area contributed by atoms with Crippen LogP contribution < -0.4 is 11.1 Å². The fraction of sp³-hybridized carbons (Fsp3) is 0.474. The molecule has 140 valence electrons. The van der Waals surface area contributed by atoms with Gasteiger partial charge in [-0.25, -0.2) is 4.79 Å². The van der Waals surface area contributed by atoms with Crippen molar-refractivity contribution in [3.05, 3.63) is 29.3 Å². The highest BCUT2D eigenvalue weighted by atomic mass is 16.5. The number of fused-ring (bicyclic) bond motifs is 1. The van der Waals surface area contributed by atoms with Crippen LogP contribution in [0.25, 0.3) is 10.9 Å². The Balaban J connectivity index is 1.89. The van der Waals surface area contributed by atoms with Crippen LogP contribution in [0, 0.1) is 5.92 Å². The van der Waals surface area contributed by atoms with E-state index in [1.165, 1.54) is 20.0 Å². The highest BCUT2D eigenvalue weighted by molar-refractivity contribution is 6.14. The predicted octanol–water partition coefficient (Wildman–Crippen LogP) is 2.04. The molecule has 0 radical (unpaired) electrons. The van der Waals surface area contributed by atoms with E-state index in [0.29, 0.717) is 17.3 Å². The standard InChI is InChI=1S/C19H27N5O2/c1-21-18-16(17(20)22-10-12-5-4-8-24(2)11-12)14-7-6-13(19(25)26-3)9-15(14)23-18/h6-7,9,12,21,23H,4-5,8,10-11H2,1-3H3,(H2,20,22). The van der Waals surface area contributed by atoms with E-state index >= 15 is 0 Å². The lowest BCUT2D eigenvalue weighted by atomic mass is 9.99. The molecular formula is C19H27N5O2.